The number of anilines is 1. The second kappa shape index (κ2) is 9.46. The molecular formula is C20H25N3O3. The molecule has 6 nitrogen and oxygen atoms in total. The van der Waals surface area contributed by atoms with E-state index in [2.05, 4.69) is 36.2 Å². The number of nitrogens with two attached hydrogens (primary N) is 1. The number of likely N-dealkylation sites (N-methyl/N-ethyl adjacent to an activating group) is 1. The van der Waals surface area contributed by atoms with E-state index >= 15 is 0 Å². The fourth-order valence-corrected chi connectivity index (χ4v) is 2.61. The number of carbonyl (C=O) groups excluding carboxylic acids is 2. The molecule has 2 amide bonds. The summed E-state index contributed by atoms with van der Waals surface area (Å²) in [7, 11) is 0. The SMILES string of the molecule is CCN(CCNC(=O)COc1ccc(C(N)=O)cc1)c1ccccc1C. The van der Waals surface area contributed by atoms with Crippen LogP contribution in [-0.2, 0) is 4.79 Å². The molecule has 26 heavy (non-hydrogen) atoms. The van der Waals surface area contributed by atoms with E-state index in [-0.39, 0.29) is 12.5 Å². The molecule has 138 valence electrons. The van der Waals surface area contributed by atoms with E-state index in [0.29, 0.717) is 17.9 Å². The Kier molecular flexibility index (Phi) is 7.02. The summed E-state index contributed by atoms with van der Waals surface area (Å²) in [5.74, 6) is -0.173. The molecular weight excluding hydrogens is 330 g/mol. The first kappa shape index (κ1) is 19.3. The van der Waals surface area contributed by atoms with Gasteiger partial charge in [0.25, 0.3) is 5.91 Å². The predicted octanol–water partition coefficient (Wildman–Crippen LogP) is 2.12. The molecule has 0 fully saturated rings. The summed E-state index contributed by atoms with van der Waals surface area (Å²) in [6.07, 6.45) is 0. The maximum Gasteiger partial charge on any atom is 0.258 e. The van der Waals surface area contributed by atoms with Crippen LogP contribution in [0.15, 0.2) is 48.5 Å². The molecule has 0 aliphatic carbocycles. The minimum Gasteiger partial charge on any atom is -0.484 e. The average molecular weight is 355 g/mol. The normalized spacial score (nSPS) is 10.2. The number of nitrogens with zero attached hydrogens (tertiary/aromatic N) is 1. The second-order valence-electron chi connectivity index (χ2n) is 5.89. The lowest BCUT2D eigenvalue weighted by molar-refractivity contribution is -0.123. The van der Waals surface area contributed by atoms with E-state index in [1.165, 1.54) is 11.3 Å². The zero-order valence-electron chi connectivity index (χ0n) is 15.2. The van der Waals surface area contributed by atoms with Crippen molar-refractivity contribution in [2.24, 2.45) is 5.73 Å². The number of aryl methyl sites for hydroxylation is 1. The lowest BCUT2D eigenvalue weighted by Gasteiger charge is -2.25. The first-order chi connectivity index (χ1) is 12.5. The van der Waals surface area contributed by atoms with Crippen LogP contribution in [0, 0.1) is 6.92 Å². The monoisotopic (exact) mass is 355 g/mol. The third-order valence-corrected chi connectivity index (χ3v) is 4.05. The number of nitrogens with one attached hydrogen (secondary N) is 1. The average Bonchev–Trinajstić information content (AvgIpc) is 2.64. The lowest BCUT2D eigenvalue weighted by atomic mass is 10.2. The van der Waals surface area contributed by atoms with Crippen molar-refractivity contribution in [2.45, 2.75) is 13.8 Å². The number of carbonyl (C=O) groups is 2. The van der Waals surface area contributed by atoms with E-state index in [9.17, 15) is 9.59 Å². The number of amides is 2. The predicted molar refractivity (Wildman–Crippen MR) is 103 cm³/mol. The van der Waals surface area contributed by atoms with Crippen LogP contribution in [0.5, 0.6) is 5.75 Å². The Hall–Kier alpha value is -3.02. The van der Waals surface area contributed by atoms with Crippen LogP contribution in [0.2, 0.25) is 0 Å². The van der Waals surface area contributed by atoms with Crippen molar-refractivity contribution in [3.05, 3.63) is 59.7 Å². The van der Waals surface area contributed by atoms with Crippen molar-refractivity contribution in [3.63, 3.8) is 0 Å². The van der Waals surface area contributed by atoms with Crippen molar-refractivity contribution in [2.75, 3.05) is 31.1 Å². The summed E-state index contributed by atoms with van der Waals surface area (Å²) >= 11 is 0. The molecule has 0 unspecified atom stereocenters. The molecule has 0 heterocycles. The van der Waals surface area contributed by atoms with Crippen LogP contribution >= 0.6 is 0 Å². The number of rotatable bonds is 9. The highest BCUT2D eigenvalue weighted by Crippen LogP contribution is 2.18. The zero-order chi connectivity index (χ0) is 18.9. The largest absolute Gasteiger partial charge is 0.484 e. The number of para-hydroxylation sites is 1. The number of hydrogen-bond donors (Lipinski definition) is 2. The third kappa shape index (κ3) is 5.51. The van der Waals surface area contributed by atoms with Gasteiger partial charge in [0.2, 0.25) is 5.91 Å². The van der Waals surface area contributed by atoms with Crippen LogP contribution < -0.4 is 20.7 Å². The van der Waals surface area contributed by atoms with Crippen molar-refractivity contribution in [1.29, 1.82) is 0 Å². The summed E-state index contributed by atoms with van der Waals surface area (Å²) in [5.41, 5.74) is 7.97. The van der Waals surface area contributed by atoms with Gasteiger partial charge in [0.15, 0.2) is 6.61 Å². The Balaban J connectivity index is 1.76. The molecule has 0 saturated heterocycles. The van der Waals surface area contributed by atoms with Gasteiger partial charge in [0.1, 0.15) is 5.75 Å². The molecule has 0 aromatic heterocycles. The highest BCUT2D eigenvalue weighted by Gasteiger charge is 2.08. The van der Waals surface area contributed by atoms with Gasteiger partial charge in [-0.05, 0) is 49.7 Å². The molecule has 2 rings (SSSR count). The number of benzene rings is 2. The summed E-state index contributed by atoms with van der Waals surface area (Å²) in [5, 5.41) is 2.86. The molecule has 0 aliphatic heterocycles. The van der Waals surface area contributed by atoms with E-state index in [1.807, 2.05) is 12.1 Å². The molecule has 0 saturated carbocycles. The Labute approximate surface area is 153 Å². The quantitative estimate of drug-likeness (QED) is 0.721. The molecule has 0 radical (unpaired) electrons. The van der Waals surface area contributed by atoms with Gasteiger partial charge in [-0.3, -0.25) is 9.59 Å². The van der Waals surface area contributed by atoms with Gasteiger partial charge in [0.05, 0.1) is 0 Å². The number of primary amides is 1. The van der Waals surface area contributed by atoms with E-state index in [4.69, 9.17) is 10.5 Å². The number of ether oxygens (including phenoxy) is 1. The highest BCUT2D eigenvalue weighted by atomic mass is 16.5. The summed E-state index contributed by atoms with van der Waals surface area (Å²) in [4.78, 5) is 25.2. The van der Waals surface area contributed by atoms with Crippen molar-refractivity contribution < 1.29 is 14.3 Å². The molecule has 6 heteroatoms. The zero-order valence-corrected chi connectivity index (χ0v) is 15.2. The highest BCUT2D eigenvalue weighted by molar-refractivity contribution is 5.92. The fourth-order valence-electron chi connectivity index (χ4n) is 2.61. The smallest absolute Gasteiger partial charge is 0.258 e. The van der Waals surface area contributed by atoms with Crippen LogP contribution in [0.25, 0.3) is 0 Å². The van der Waals surface area contributed by atoms with Crippen LogP contribution in [-0.4, -0.2) is 38.1 Å². The standard InChI is InChI=1S/C20H25N3O3/c1-3-23(18-7-5-4-6-15(18)2)13-12-22-19(24)14-26-17-10-8-16(9-11-17)20(21)25/h4-11H,3,12-14H2,1-2H3,(H2,21,25)(H,22,24). The Morgan fingerprint density at radius 3 is 2.42 bits per heavy atom. The third-order valence-electron chi connectivity index (χ3n) is 4.05. The topological polar surface area (TPSA) is 84.7 Å². The van der Waals surface area contributed by atoms with Crippen LogP contribution in [0.1, 0.15) is 22.8 Å². The second-order valence-corrected chi connectivity index (χ2v) is 5.89. The lowest BCUT2D eigenvalue weighted by Crippen LogP contribution is -2.37. The summed E-state index contributed by atoms with van der Waals surface area (Å²) < 4.78 is 5.41. The molecule has 0 aliphatic rings. The van der Waals surface area contributed by atoms with Crippen molar-refractivity contribution in [3.8, 4) is 5.75 Å². The van der Waals surface area contributed by atoms with Gasteiger partial charge in [-0.25, -0.2) is 0 Å². The van der Waals surface area contributed by atoms with E-state index in [0.717, 1.165) is 13.1 Å². The first-order valence-corrected chi connectivity index (χ1v) is 8.61. The van der Waals surface area contributed by atoms with E-state index in [1.54, 1.807) is 24.3 Å². The van der Waals surface area contributed by atoms with Gasteiger partial charge in [0, 0.05) is 30.9 Å². The molecule has 0 bridgehead atoms. The molecule has 0 atom stereocenters. The Bertz CT molecular complexity index is 744. The van der Waals surface area contributed by atoms with Crippen LogP contribution in [0.3, 0.4) is 0 Å². The summed E-state index contributed by atoms with van der Waals surface area (Å²) in [6.45, 7) is 6.21. The van der Waals surface area contributed by atoms with Gasteiger partial charge in [-0.2, -0.15) is 0 Å². The molecule has 0 spiro atoms. The molecule has 2 aromatic rings. The van der Waals surface area contributed by atoms with Crippen molar-refractivity contribution >= 4 is 17.5 Å². The maximum atomic E-state index is 11.9. The van der Waals surface area contributed by atoms with Gasteiger partial charge < -0.3 is 20.7 Å². The summed E-state index contributed by atoms with van der Waals surface area (Å²) in [6, 6.07) is 14.6. The van der Waals surface area contributed by atoms with Gasteiger partial charge in [-0.15, -0.1) is 0 Å². The number of hydrogen-bond acceptors (Lipinski definition) is 4. The van der Waals surface area contributed by atoms with Gasteiger partial charge in [-0.1, -0.05) is 18.2 Å². The Morgan fingerprint density at radius 2 is 1.81 bits per heavy atom. The van der Waals surface area contributed by atoms with E-state index < -0.39 is 5.91 Å². The van der Waals surface area contributed by atoms with Gasteiger partial charge >= 0.3 is 0 Å². The molecule has 2 aromatic carbocycles. The Morgan fingerprint density at radius 1 is 1.12 bits per heavy atom. The van der Waals surface area contributed by atoms with Crippen molar-refractivity contribution in [1.82, 2.24) is 5.32 Å². The maximum absolute atomic E-state index is 11.9. The van der Waals surface area contributed by atoms with Crippen LogP contribution in [0.4, 0.5) is 5.69 Å². The molecule has 3 N–H and O–H groups in total. The minimum atomic E-state index is -0.497. The minimum absolute atomic E-state index is 0.0770. The fraction of sp³-hybridized carbons (Fsp3) is 0.300. The first-order valence-electron chi connectivity index (χ1n) is 8.61.